The summed E-state index contributed by atoms with van der Waals surface area (Å²) in [5.41, 5.74) is 4.48. The van der Waals surface area contributed by atoms with Crippen LogP contribution >= 0.6 is 0 Å². The van der Waals surface area contributed by atoms with Crippen LogP contribution in [0.5, 0.6) is 0 Å². The van der Waals surface area contributed by atoms with Crippen LogP contribution in [0.25, 0.3) is 11.1 Å². The van der Waals surface area contributed by atoms with E-state index < -0.39 is 30.1 Å². The van der Waals surface area contributed by atoms with Crippen molar-refractivity contribution in [2.45, 2.75) is 51.1 Å². The molecule has 2 atom stereocenters. The number of amides is 2. The van der Waals surface area contributed by atoms with Gasteiger partial charge in [0.15, 0.2) is 0 Å². The lowest BCUT2D eigenvalue weighted by Gasteiger charge is -2.24. The van der Waals surface area contributed by atoms with Crippen molar-refractivity contribution in [1.29, 1.82) is 0 Å². The summed E-state index contributed by atoms with van der Waals surface area (Å²) < 4.78 is 5.55. The van der Waals surface area contributed by atoms with E-state index in [0.29, 0.717) is 12.3 Å². The summed E-state index contributed by atoms with van der Waals surface area (Å²) in [5.74, 6) is -1.53. The Morgan fingerprint density at radius 2 is 1.55 bits per heavy atom. The minimum atomic E-state index is -1.06. The van der Waals surface area contributed by atoms with Crippen molar-refractivity contribution in [1.82, 2.24) is 10.6 Å². The van der Waals surface area contributed by atoms with Gasteiger partial charge in [-0.25, -0.2) is 9.59 Å². The van der Waals surface area contributed by atoms with Crippen LogP contribution in [0, 0.1) is 11.8 Å². The number of carbonyl (C=O) groups is 3. The minimum absolute atomic E-state index is 0.0793. The SMILES string of the molecule is CC(C)C(NC(=O)OCC1c2ccccc2-c2ccccc21)C(=O)NC(CC1CC1)C(=O)O. The van der Waals surface area contributed by atoms with Crippen molar-refractivity contribution in [2.24, 2.45) is 11.8 Å². The summed E-state index contributed by atoms with van der Waals surface area (Å²) >= 11 is 0. The standard InChI is InChI=1S/C26H30N2O5/c1-15(2)23(24(29)27-22(25(30)31)13-16-11-12-16)28-26(32)33-14-21-19-9-5-3-7-17(19)18-8-4-6-10-20(18)21/h3-10,15-16,21-23H,11-14H2,1-2H3,(H,27,29)(H,28,32)(H,30,31). The molecule has 2 aromatic rings. The van der Waals surface area contributed by atoms with E-state index in [0.717, 1.165) is 35.1 Å². The third kappa shape index (κ3) is 5.18. The van der Waals surface area contributed by atoms with Crippen molar-refractivity contribution in [2.75, 3.05) is 6.61 Å². The Labute approximate surface area is 193 Å². The molecule has 4 rings (SSSR count). The van der Waals surface area contributed by atoms with E-state index in [4.69, 9.17) is 4.74 Å². The summed E-state index contributed by atoms with van der Waals surface area (Å²) in [6.45, 7) is 3.74. The van der Waals surface area contributed by atoms with Crippen LogP contribution in [0.2, 0.25) is 0 Å². The van der Waals surface area contributed by atoms with E-state index in [1.54, 1.807) is 13.8 Å². The van der Waals surface area contributed by atoms with Crippen LogP contribution < -0.4 is 10.6 Å². The maximum atomic E-state index is 12.8. The first-order valence-corrected chi connectivity index (χ1v) is 11.5. The zero-order chi connectivity index (χ0) is 23.5. The summed E-state index contributed by atoms with van der Waals surface area (Å²) in [6, 6.07) is 14.3. The molecule has 2 unspecified atom stereocenters. The number of carboxylic acid groups (broad SMARTS) is 1. The Bertz CT molecular complexity index is 1000. The largest absolute Gasteiger partial charge is 0.480 e. The number of nitrogens with one attached hydrogen (secondary N) is 2. The van der Waals surface area contributed by atoms with Crippen molar-refractivity contribution < 1.29 is 24.2 Å². The molecule has 1 fully saturated rings. The molecular formula is C26H30N2O5. The molecule has 7 nitrogen and oxygen atoms in total. The molecule has 0 aliphatic heterocycles. The number of alkyl carbamates (subject to hydrolysis) is 1. The molecule has 0 radical (unpaired) electrons. The van der Waals surface area contributed by atoms with Gasteiger partial charge in [0, 0.05) is 5.92 Å². The summed E-state index contributed by atoms with van der Waals surface area (Å²) in [7, 11) is 0. The Morgan fingerprint density at radius 3 is 2.06 bits per heavy atom. The molecule has 2 aliphatic rings. The highest BCUT2D eigenvalue weighted by molar-refractivity contribution is 5.89. The molecule has 174 valence electrons. The Morgan fingerprint density at radius 1 is 0.970 bits per heavy atom. The third-order valence-corrected chi connectivity index (χ3v) is 6.45. The van der Waals surface area contributed by atoms with E-state index in [1.807, 2.05) is 36.4 Å². The predicted molar refractivity (Wildman–Crippen MR) is 124 cm³/mol. The first-order valence-electron chi connectivity index (χ1n) is 11.5. The van der Waals surface area contributed by atoms with Gasteiger partial charge >= 0.3 is 12.1 Å². The van der Waals surface area contributed by atoms with Gasteiger partial charge < -0.3 is 20.5 Å². The lowest BCUT2D eigenvalue weighted by atomic mass is 9.98. The van der Waals surface area contributed by atoms with Gasteiger partial charge in [0.2, 0.25) is 5.91 Å². The van der Waals surface area contributed by atoms with Crippen molar-refractivity contribution >= 4 is 18.0 Å². The molecule has 0 spiro atoms. The zero-order valence-corrected chi connectivity index (χ0v) is 18.9. The van der Waals surface area contributed by atoms with E-state index in [2.05, 4.69) is 22.8 Å². The molecule has 2 aliphatic carbocycles. The minimum Gasteiger partial charge on any atom is -0.480 e. The number of ether oxygens (including phenoxy) is 1. The van der Waals surface area contributed by atoms with E-state index in [9.17, 15) is 19.5 Å². The van der Waals surface area contributed by atoms with Crippen LogP contribution in [0.3, 0.4) is 0 Å². The van der Waals surface area contributed by atoms with Crippen LogP contribution in [-0.4, -0.2) is 41.8 Å². The van der Waals surface area contributed by atoms with Gasteiger partial charge in [-0.2, -0.15) is 0 Å². The second kappa shape index (κ2) is 9.65. The first kappa shape index (κ1) is 22.8. The van der Waals surface area contributed by atoms with E-state index in [1.165, 1.54) is 0 Å². The topological polar surface area (TPSA) is 105 Å². The molecule has 0 heterocycles. The van der Waals surface area contributed by atoms with E-state index >= 15 is 0 Å². The predicted octanol–water partition coefficient (Wildman–Crippen LogP) is 3.92. The van der Waals surface area contributed by atoms with Crippen LogP contribution in [0.1, 0.15) is 50.2 Å². The average Bonchev–Trinajstić information content (AvgIpc) is 3.56. The van der Waals surface area contributed by atoms with Crippen molar-refractivity contribution in [3.05, 3.63) is 59.7 Å². The highest BCUT2D eigenvalue weighted by Crippen LogP contribution is 2.44. The number of benzene rings is 2. The molecule has 3 N–H and O–H groups in total. The van der Waals surface area contributed by atoms with Crippen LogP contribution in [-0.2, 0) is 14.3 Å². The van der Waals surface area contributed by atoms with Gasteiger partial charge in [-0.05, 0) is 40.5 Å². The number of carboxylic acids is 1. The molecule has 7 heteroatoms. The number of carbonyl (C=O) groups excluding carboxylic acids is 2. The lowest BCUT2D eigenvalue weighted by molar-refractivity contribution is -0.142. The Hall–Kier alpha value is -3.35. The highest BCUT2D eigenvalue weighted by Gasteiger charge is 2.34. The van der Waals surface area contributed by atoms with E-state index in [-0.39, 0.29) is 18.4 Å². The number of hydrogen-bond acceptors (Lipinski definition) is 4. The first-order chi connectivity index (χ1) is 15.8. The van der Waals surface area contributed by atoms with Crippen molar-refractivity contribution in [3.63, 3.8) is 0 Å². The fourth-order valence-electron chi connectivity index (χ4n) is 4.47. The van der Waals surface area contributed by atoms with Gasteiger partial charge in [-0.15, -0.1) is 0 Å². The number of aliphatic carboxylic acids is 1. The summed E-state index contributed by atoms with van der Waals surface area (Å²) in [6.07, 6.45) is 1.70. The number of hydrogen-bond donors (Lipinski definition) is 3. The fourth-order valence-corrected chi connectivity index (χ4v) is 4.47. The second-order valence-electron chi connectivity index (χ2n) is 9.27. The number of rotatable bonds is 9. The van der Waals surface area contributed by atoms with Gasteiger partial charge in [-0.1, -0.05) is 75.2 Å². The number of fused-ring (bicyclic) bond motifs is 3. The molecule has 2 amide bonds. The van der Waals surface area contributed by atoms with Gasteiger partial charge in [-0.3, -0.25) is 4.79 Å². The van der Waals surface area contributed by atoms with Gasteiger partial charge in [0.1, 0.15) is 18.7 Å². The normalized spacial score (nSPS) is 16.5. The quantitative estimate of drug-likeness (QED) is 0.537. The lowest BCUT2D eigenvalue weighted by Crippen LogP contribution is -2.54. The highest BCUT2D eigenvalue weighted by atomic mass is 16.5. The van der Waals surface area contributed by atoms with Crippen molar-refractivity contribution in [3.8, 4) is 11.1 Å². The molecule has 1 saturated carbocycles. The Balaban J connectivity index is 1.38. The molecule has 0 aromatic heterocycles. The van der Waals surface area contributed by atoms with Gasteiger partial charge in [0.25, 0.3) is 0 Å². The zero-order valence-electron chi connectivity index (χ0n) is 18.9. The molecule has 2 aromatic carbocycles. The summed E-state index contributed by atoms with van der Waals surface area (Å²) in [5, 5.41) is 14.7. The maximum Gasteiger partial charge on any atom is 0.407 e. The Kier molecular flexibility index (Phi) is 6.67. The van der Waals surface area contributed by atoms with Gasteiger partial charge in [0.05, 0.1) is 0 Å². The second-order valence-corrected chi connectivity index (χ2v) is 9.27. The summed E-state index contributed by atoms with van der Waals surface area (Å²) in [4.78, 5) is 36.9. The average molecular weight is 451 g/mol. The molecular weight excluding hydrogens is 420 g/mol. The molecule has 33 heavy (non-hydrogen) atoms. The fraction of sp³-hybridized carbons (Fsp3) is 0.423. The smallest absolute Gasteiger partial charge is 0.407 e. The monoisotopic (exact) mass is 450 g/mol. The molecule has 0 saturated heterocycles. The third-order valence-electron chi connectivity index (χ3n) is 6.45. The molecule has 0 bridgehead atoms. The maximum absolute atomic E-state index is 12.8. The van der Waals surface area contributed by atoms with Crippen LogP contribution in [0.15, 0.2) is 48.5 Å². The van der Waals surface area contributed by atoms with Crippen LogP contribution in [0.4, 0.5) is 4.79 Å².